The molecule has 0 unspecified atom stereocenters. The van der Waals surface area contributed by atoms with E-state index >= 15 is 0 Å². The van der Waals surface area contributed by atoms with Crippen LogP contribution >= 0.6 is 23.4 Å². The van der Waals surface area contributed by atoms with Crippen molar-refractivity contribution in [3.8, 4) is 17.1 Å². The first kappa shape index (κ1) is 22.1. The molecule has 0 aliphatic carbocycles. The van der Waals surface area contributed by atoms with Crippen molar-refractivity contribution in [1.29, 1.82) is 0 Å². The number of hydrogen-bond acceptors (Lipinski definition) is 7. The maximum atomic E-state index is 12.1. The summed E-state index contributed by atoms with van der Waals surface area (Å²) in [6, 6.07) is 17.3. The molecular weight excluding hydrogens is 450 g/mol. The van der Waals surface area contributed by atoms with Crippen LogP contribution in [0.15, 0.2) is 70.4 Å². The van der Waals surface area contributed by atoms with Gasteiger partial charge in [0.1, 0.15) is 6.26 Å². The first-order chi connectivity index (χ1) is 15.7. The van der Waals surface area contributed by atoms with Crippen LogP contribution in [0.2, 0.25) is 5.02 Å². The van der Waals surface area contributed by atoms with Gasteiger partial charge in [-0.05, 0) is 24.3 Å². The average molecular weight is 470 g/mol. The zero-order valence-electron chi connectivity index (χ0n) is 17.2. The van der Waals surface area contributed by atoms with Gasteiger partial charge in [-0.2, -0.15) is 0 Å². The van der Waals surface area contributed by atoms with Crippen molar-refractivity contribution in [2.45, 2.75) is 10.9 Å². The highest BCUT2D eigenvalue weighted by atomic mass is 35.5. The van der Waals surface area contributed by atoms with E-state index < -0.39 is 0 Å². The number of amides is 1. The number of aromatic nitrogens is 4. The molecule has 1 N–H and O–H groups in total. The van der Waals surface area contributed by atoms with E-state index in [0.29, 0.717) is 40.8 Å². The molecule has 2 aromatic carbocycles. The van der Waals surface area contributed by atoms with Gasteiger partial charge in [-0.1, -0.05) is 53.7 Å². The summed E-state index contributed by atoms with van der Waals surface area (Å²) < 4.78 is 12.3. The van der Waals surface area contributed by atoms with Gasteiger partial charge in [0.05, 0.1) is 17.4 Å². The number of carbonyl (C=O) groups excluding carboxylic acids is 1. The predicted molar refractivity (Wildman–Crippen MR) is 122 cm³/mol. The van der Waals surface area contributed by atoms with Crippen LogP contribution in [-0.2, 0) is 10.5 Å². The summed E-state index contributed by atoms with van der Waals surface area (Å²) in [6.45, 7) is 0.826. The Kier molecular flexibility index (Phi) is 7.21. The lowest BCUT2D eigenvalue weighted by molar-refractivity contribution is 0.0932. The fourth-order valence-corrected chi connectivity index (χ4v) is 3.98. The summed E-state index contributed by atoms with van der Waals surface area (Å²) in [4.78, 5) is 16.4. The lowest BCUT2D eigenvalue weighted by Crippen LogP contribution is -2.27. The normalized spacial score (nSPS) is 10.9. The predicted octanol–water partition coefficient (Wildman–Crippen LogP) is 4.24. The molecule has 1 amide bonds. The Morgan fingerprint density at radius 1 is 1.16 bits per heavy atom. The molecule has 0 saturated heterocycles. The van der Waals surface area contributed by atoms with E-state index in [9.17, 15) is 4.79 Å². The molecule has 8 nitrogen and oxygen atoms in total. The van der Waals surface area contributed by atoms with Gasteiger partial charge in [0.25, 0.3) is 5.91 Å². The number of benzene rings is 2. The maximum Gasteiger partial charge on any atom is 0.273 e. The van der Waals surface area contributed by atoms with Crippen molar-refractivity contribution in [3.63, 3.8) is 0 Å². The third kappa shape index (κ3) is 5.01. The van der Waals surface area contributed by atoms with Crippen LogP contribution in [0.3, 0.4) is 0 Å². The summed E-state index contributed by atoms with van der Waals surface area (Å²) in [5.41, 5.74) is 1.90. The van der Waals surface area contributed by atoms with Crippen LogP contribution in [0.5, 0.6) is 0 Å². The Morgan fingerprint density at radius 3 is 2.72 bits per heavy atom. The number of nitrogens with one attached hydrogen (secondary N) is 1. The standard InChI is InChI=1S/C22H20ClN5O3S/c1-30-12-11-24-21(29)18-13-31-19(25-18)14-32-22-27-26-20(16-9-5-6-10-17(16)23)28(22)15-7-3-2-4-8-15/h2-10,13H,11-12,14H2,1H3,(H,24,29). The molecule has 0 bridgehead atoms. The van der Waals surface area contributed by atoms with Crippen LogP contribution in [-0.4, -0.2) is 45.9 Å². The van der Waals surface area contributed by atoms with E-state index in [-0.39, 0.29) is 11.6 Å². The van der Waals surface area contributed by atoms with E-state index in [1.54, 1.807) is 7.11 Å². The van der Waals surface area contributed by atoms with Crippen molar-refractivity contribution in [2.75, 3.05) is 20.3 Å². The molecule has 0 aliphatic heterocycles. The van der Waals surface area contributed by atoms with Crippen LogP contribution in [0.1, 0.15) is 16.4 Å². The number of nitrogens with zero attached hydrogens (tertiary/aromatic N) is 4. The molecule has 2 aromatic heterocycles. The first-order valence-electron chi connectivity index (χ1n) is 9.77. The second-order valence-corrected chi connectivity index (χ2v) is 7.97. The molecule has 10 heteroatoms. The highest BCUT2D eigenvalue weighted by Gasteiger charge is 2.19. The fourth-order valence-electron chi connectivity index (χ4n) is 2.96. The summed E-state index contributed by atoms with van der Waals surface area (Å²) in [7, 11) is 1.57. The number of halogens is 1. The fraction of sp³-hybridized carbons (Fsp3) is 0.182. The Labute approximate surface area is 194 Å². The van der Waals surface area contributed by atoms with Gasteiger partial charge in [0.2, 0.25) is 5.89 Å². The first-order valence-corrected chi connectivity index (χ1v) is 11.1. The lowest BCUT2D eigenvalue weighted by atomic mass is 10.2. The van der Waals surface area contributed by atoms with Crippen molar-refractivity contribution in [2.24, 2.45) is 0 Å². The second-order valence-electron chi connectivity index (χ2n) is 6.62. The van der Waals surface area contributed by atoms with Crippen molar-refractivity contribution in [3.05, 3.63) is 77.5 Å². The molecule has 32 heavy (non-hydrogen) atoms. The number of hydrogen-bond donors (Lipinski definition) is 1. The lowest BCUT2D eigenvalue weighted by Gasteiger charge is -2.10. The SMILES string of the molecule is COCCNC(=O)c1coc(CSc2nnc(-c3ccccc3Cl)n2-c2ccccc2)n1. The van der Waals surface area contributed by atoms with Gasteiger partial charge in [-0.15, -0.1) is 10.2 Å². The summed E-state index contributed by atoms with van der Waals surface area (Å²) in [5.74, 6) is 1.11. The zero-order valence-corrected chi connectivity index (χ0v) is 18.8. The Balaban J connectivity index is 1.56. The second kappa shape index (κ2) is 10.4. The average Bonchev–Trinajstić information content (AvgIpc) is 3.46. The largest absolute Gasteiger partial charge is 0.447 e. The van der Waals surface area contributed by atoms with Crippen molar-refractivity contribution >= 4 is 29.3 Å². The molecule has 164 valence electrons. The van der Waals surface area contributed by atoms with Gasteiger partial charge < -0.3 is 14.5 Å². The third-order valence-corrected chi connectivity index (χ3v) is 5.71. The molecule has 4 rings (SSSR count). The Bertz CT molecular complexity index is 1200. The van der Waals surface area contributed by atoms with Gasteiger partial charge in [0.15, 0.2) is 16.7 Å². The van der Waals surface area contributed by atoms with Gasteiger partial charge in [-0.3, -0.25) is 9.36 Å². The number of carbonyl (C=O) groups is 1. The number of para-hydroxylation sites is 1. The molecule has 0 saturated carbocycles. The quantitative estimate of drug-likeness (QED) is 0.289. The third-order valence-electron chi connectivity index (χ3n) is 4.46. The van der Waals surface area contributed by atoms with Gasteiger partial charge in [0, 0.05) is 24.9 Å². The maximum absolute atomic E-state index is 12.1. The van der Waals surface area contributed by atoms with E-state index in [4.69, 9.17) is 20.8 Å². The number of oxazole rings is 1. The minimum atomic E-state index is -0.310. The molecule has 0 aliphatic rings. The summed E-state index contributed by atoms with van der Waals surface area (Å²) in [5, 5.41) is 12.7. The monoisotopic (exact) mass is 469 g/mol. The topological polar surface area (TPSA) is 95.1 Å². The molecule has 4 aromatic rings. The van der Waals surface area contributed by atoms with Crippen LogP contribution < -0.4 is 5.32 Å². The number of ether oxygens (including phenoxy) is 1. The molecule has 2 heterocycles. The minimum absolute atomic E-state index is 0.220. The van der Waals surface area contributed by atoms with Crippen molar-refractivity contribution in [1.82, 2.24) is 25.1 Å². The summed E-state index contributed by atoms with van der Waals surface area (Å²) in [6.07, 6.45) is 1.34. The molecular formula is C22H20ClN5O3S. The van der Waals surface area contributed by atoms with E-state index in [1.807, 2.05) is 59.2 Å². The number of rotatable bonds is 9. The molecule has 0 atom stereocenters. The van der Waals surface area contributed by atoms with E-state index in [2.05, 4.69) is 20.5 Å². The number of thioether (sulfide) groups is 1. The smallest absolute Gasteiger partial charge is 0.273 e. The van der Waals surface area contributed by atoms with Crippen LogP contribution in [0, 0.1) is 0 Å². The van der Waals surface area contributed by atoms with E-state index in [0.717, 1.165) is 11.3 Å². The van der Waals surface area contributed by atoms with Gasteiger partial charge >= 0.3 is 0 Å². The highest BCUT2D eigenvalue weighted by molar-refractivity contribution is 7.98. The van der Waals surface area contributed by atoms with Gasteiger partial charge in [-0.25, -0.2) is 4.98 Å². The summed E-state index contributed by atoms with van der Waals surface area (Å²) >= 11 is 7.82. The Hall–Kier alpha value is -3.14. The highest BCUT2D eigenvalue weighted by Crippen LogP contribution is 2.32. The number of methoxy groups -OCH3 is 1. The molecule has 0 fully saturated rings. The zero-order chi connectivity index (χ0) is 22.3. The van der Waals surface area contributed by atoms with Crippen LogP contribution in [0.25, 0.3) is 17.1 Å². The van der Waals surface area contributed by atoms with Crippen molar-refractivity contribution < 1.29 is 13.9 Å². The molecule has 0 spiro atoms. The minimum Gasteiger partial charge on any atom is -0.447 e. The Morgan fingerprint density at radius 2 is 1.94 bits per heavy atom. The van der Waals surface area contributed by atoms with E-state index in [1.165, 1.54) is 18.0 Å². The van der Waals surface area contributed by atoms with Crippen LogP contribution in [0.4, 0.5) is 0 Å². The molecule has 0 radical (unpaired) electrons.